The number of carbonyl (C=O) groups is 2. The highest BCUT2D eigenvalue weighted by molar-refractivity contribution is 5.92. The van der Waals surface area contributed by atoms with Crippen LogP contribution in [0.5, 0.6) is 23.0 Å². The first-order valence-electron chi connectivity index (χ1n) is 12.7. The van der Waals surface area contributed by atoms with E-state index < -0.39 is 6.10 Å². The Morgan fingerprint density at radius 1 is 0.947 bits per heavy atom. The Labute approximate surface area is 223 Å². The number of nitrogens with zero attached hydrogens (tertiary/aromatic N) is 1. The van der Waals surface area contributed by atoms with Gasteiger partial charge in [0.1, 0.15) is 11.5 Å². The summed E-state index contributed by atoms with van der Waals surface area (Å²) in [5, 5.41) is 2.97. The zero-order valence-corrected chi connectivity index (χ0v) is 22.3. The third-order valence-corrected chi connectivity index (χ3v) is 6.57. The van der Waals surface area contributed by atoms with Crippen LogP contribution in [0.15, 0.2) is 60.7 Å². The minimum absolute atomic E-state index is 0.0470. The quantitative estimate of drug-likeness (QED) is 0.421. The number of methoxy groups -OCH3 is 3. The van der Waals surface area contributed by atoms with Gasteiger partial charge in [-0.1, -0.05) is 25.1 Å². The molecule has 0 unspecified atom stereocenters. The zero-order chi connectivity index (χ0) is 27.1. The smallest absolute Gasteiger partial charge is 0.263 e. The van der Waals surface area contributed by atoms with Gasteiger partial charge in [0, 0.05) is 24.3 Å². The molecule has 8 nitrogen and oxygen atoms in total. The molecule has 2 amide bonds. The van der Waals surface area contributed by atoms with Gasteiger partial charge in [0.25, 0.3) is 5.91 Å². The van der Waals surface area contributed by atoms with E-state index in [1.54, 1.807) is 27.4 Å². The van der Waals surface area contributed by atoms with E-state index in [4.69, 9.17) is 18.9 Å². The molecule has 3 aromatic carbocycles. The van der Waals surface area contributed by atoms with Crippen LogP contribution >= 0.6 is 0 Å². The normalized spacial score (nSPS) is 14.7. The van der Waals surface area contributed by atoms with Crippen molar-refractivity contribution in [3.05, 3.63) is 77.4 Å². The van der Waals surface area contributed by atoms with Crippen LogP contribution in [0.1, 0.15) is 30.0 Å². The van der Waals surface area contributed by atoms with Crippen molar-refractivity contribution >= 4 is 17.5 Å². The molecule has 200 valence electrons. The Balaban J connectivity index is 1.47. The van der Waals surface area contributed by atoms with Crippen molar-refractivity contribution in [2.45, 2.75) is 38.8 Å². The van der Waals surface area contributed by atoms with Crippen LogP contribution in [0.3, 0.4) is 0 Å². The van der Waals surface area contributed by atoms with Crippen LogP contribution in [0.4, 0.5) is 5.69 Å². The summed E-state index contributed by atoms with van der Waals surface area (Å²) in [5.74, 6) is 2.55. The van der Waals surface area contributed by atoms with Crippen molar-refractivity contribution in [2.75, 3.05) is 33.2 Å². The van der Waals surface area contributed by atoms with Gasteiger partial charge in [0.05, 0.1) is 27.8 Å². The number of anilines is 1. The SMILES string of the molecule is CC[C@@H]1Oc2ccc(NC(=O)Cc3ccc(OC)cc3)cc2CN(CCc2ccc(OC)c(OC)c2)C1=O. The molecular formula is C30H34N2O6. The number of fused-ring (bicyclic) bond motifs is 1. The van der Waals surface area contributed by atoms with Crippen molar-refractivity contribution in [3.8, 4) is 23.0 Å². The van der Waals surface area contributed by atoms with Gasteiger partial charge in [-0.05, 0) is 66.4 Å². The Kier molecular flexibility index (Phi) is 8.73. The number of amides is 2. The molecule has 0 spiro atoms. The Bertz CT molecular complexity index is 1270. The number of nitrogens with one attached hydrogen (secondary N) is 1. The van der Waals surface area contributed by atoms with Crippen molar-refractivity contribution in [1.82, 2.24) is 4.90 Å². The fraction of sp³-hybridized carbons (Fsp3) is 0.333. The summed E-state index contributed by atoms with van der Waals surface area (Å²) in [6.45, 7) is 2.84. The molecule has 3 aromatic rings. The van der Waals surface area contributed by atoms with Gasteiger partial charge in [-0.25, -0.2) is 0 Å². The molecule has 0 aliphatic carbocycles. The maximum Gasteiger partial charge on any atom is 0.263 e. The summed E-state index contributed by atoms with van der Waals surface area (Å²) in [4.78, 5) is 27.8. The van der Waals surface area contributed by atoms with E-state index in [0.717, 1.165) is 22.4 Å². The lowest BCUT2D eigenvalue weighted by Crippen LogP contribution is -2.40. The maximum atomic E-state index is 13.3. The van der Waals surface area contributed by atoms with Crippen LogP contribution < -0.4 is 24.3 Å². The predicted octanol–water partition coefficient (Wildman–Crippen LogP) is 4.64. The Hall–Kier alpha value is -4.20. The Morgan fingerprint density at radius 3 is 2.37 bits per heavy atom. The first kappa shape index (κ1) is 26.9. The van der Waals surface area contributed by atoms with Crippen molar-refractivity contribution < 1.29 is 28.5 Å². The van der Waals surface area contributed by atoms with E-state index in [1.807, 2.05) is 66.4 Å². The van der Waals surface area contributed by atoms with E-state index in [-0.39, 0.29) is 18.2 Å². The molecule has 0 aromatic heterocycles. The van der Waals surface area contributed by atoms with Crippen molar-refractivity contribution in [2.24, 2.45) is 0 Å². The molecule has 1 atom stereocenters. The molecule has 0 radical (unpaired) electrons. The molecule has 0 fully saturated rings. The van der Waals surface area contributed by atoms with Crippen molar-refractivity contribution in [3.63, 3.8) is 0 Å². The standard InChI is InChI=1S/C30H34N2O6/c1-5-25-30(34)32(15-14-21-8-12-27(36-3)28(16-21)37-4)19-22-18-23(9-13-26(22)38-25)31-29(33)17-20-6-10-24(35-2)11-7-20/h6-13,16,18,25H,5,14-15,17,19H2,1-4H3,(H,31,33)/t25-/m0/s1. The Morgan fingerprint density at radius 2 is 1.68 bits per heavy atom. The predicted molar refractivity (Wildman–Crippen MR) is 145 cm³/mol. The summed E-state index contributed by atoms with van der Waals surface area (Å²) in [7, 11) is 4.82. The molecule has 1 N–H and O–H groups in total. The van der Waals surface area contributed by atoms with Crippen molar-refractivity contribution in [1.29, 1.82) is 0 Å². The van der Waals surface area contributed by atoms with Crippen LogP contribution in [0.25, 0.3) is 0 Å². The lowest BCUT2D eigenvalue weighted by atomic mass is 10.1. The molecule has 1 aliphatic heterocycles. The van der Waals surface area contributed by atoms with Gasteiger partial charge in [0.2, 0.25) is 5.91 Å². The lowest BCUT2D eigenvalue weighted by molar-refractivity contribution is -0.138. The minimum atomic E-state index is -0.558. The number of benzene rings is 3. The second-order valence-corrected chi connectivity index (χ2v) is 9.11. The average Bonchev–Trinajstić information content (AvgIpc) is 3.07. The summed E-state index contributed by atoms with van der Waals surface area (Å²) >= 11 is 0. The number of carbonyl (C=O) groups excluding carboxylic acids is 2. The van der Waals surface area contributed by atoms with Crippen LogP contribution in [0, 0.1) is 0 Å². The largest absolute Gasteiger partial charge is 0.497 e. The third-order valence-electron chi connectivity index (χ3n) is 6.57. The van der Waals surface area contributed by atoms with Gasteiger partial charge in [-0.15, -0.1) is 0 Å². The molecule has 0 bridgehead atoms. The van der Waals surface area contributed by atoms with E-state index in [2.05, 4.69) is 5.32 Å². The maximum absolute atomic E-state index is 13.3. The average molecular weight is 519 g/mol. The van der Waals surface area contributed by atoms with Gasteiger partial charge in [-0.3, -0.25) is 9.59 Å². The molecule has 38 heavy (non-hydrogen) atoms. The topological polar surface area (TPSA) is 86.3 Å². The molecule has 4 rings (SSSR count). The zero-order valence-electron chi connectivity index (χ0n) is 22.3. The minimum Gasteiger partial charge on any atom is -0.497 e. The molecule has 0 saturated heterocycles. The number of hydrogen-bond acceptors (Lipinski definition) is 6. The molecular weight excluding hydrogens is 484 g/mol. The summed E-state index contributed by atoms with van der Waals surface area (Å²) in [5.41, 5.74) is 3.43. The van der Waals surface area contributed by atoms with Gasteiger partial charge in [0.15, 0.2) is 17.6 Å². The summed E-state index contributed by atoms with van der Waals surface area (Å²) < 4.78 is 22.0. The number of hydrogen-bond donors (Lipinski definition) is 1. The van der Waals surface area contributed by atoms with E-state index >= 15 is 0 Å². The van der Waals surface area contributed by atoms with Gasteiger partial charge in [-0.2, -0.15) is 0 Å². The monoisotopic (exact) mass is 518 g/mol. The van der Waals surface area contributed by atoms with E-state index in [1.165, 1.54) is 0 Å². The first-order chi connectivity index (χ1) is 18.4. The van der Waals surface area contributed by atoms with Crippen LogP contribution in [0.2, 0.25) is 0 Å². The number of ether oxygens (including phenoxy) is 4. The van der Waals surface area contributed by atoms with E-state index in [9.17, 15) is 9.59 Å². The molecule has 1 aliphatic rings. The summed E-state index contributed by atoms with van der Waals surface area (Å²) in [6, 6.07) is 18.7. The fourth-order valence-electron chi connectivity index (χ4n) is 4.47. The second-order valence-electron chi connectivity index (χ2n) is 9.11. The highest BCUT2D eigenvalue weighted by atomic mass is 16.5. The molecule has 1 heterocycles. The lowest BCUT2D eigenvalue weighted by Gasteiger charge is -2.23. The fourth-order valence-corrected chi connectivity index (χ4v) is 4.47. The molecule has 0 saturated carbocycles. The number of rotatable bonds is 10. The highest BCUT2D eigenvalue weighted by Crippen LogP contribution is 2.31. The second kappa shape index (κ2) is 12.4. The molecule has 8 heteroatoms. The van der Waals surface area contributed by atoms with Gasteiger partial charge >= 0.3 is 0 Å². The third kappa shape index (κ3) is 6.37. The van der Waals surface area contributed by atoms with E-state index in [0.29, 0.717) is 48.9 Å². The van der Waals surface area contributed by atoms with Gasteiger partial charge < -0.3 is 29.2 Å². The highest BCUT2D eigenvalue weighted by Gasteiger charge is 2.30. The summed E-state index contributed by atoms with van der Waals surface area (Å²) in [6.07, 6.45) is 0.893. The first-order valence-corrected chi connectivity index (χ1v) is 12.7. The van der Waals surface area contributed by atoms with Crippen LogP contribution in [-0.4, -0.2) is 50.7 Å². The van der Waals surface area contributed by atoms with Crippen LogP contribution in [-0.2, 0) is 29.0 Å².